The Morgan fingerprint density at radius 3 is 2.95 bits per heavy atom. The first-order chi connectivity index (χ1) is 9.69. The molecular weight excluding hydrogens is 288 g/mol. The number of benzene rings is 1. The van der Waals surface area contributed by atoms with E-state index in [-0.39, 0.29) is 0 Å². The van der Waals surface area contributed by atoms with Crippen LogP contribution in [0.4, 0.5) is 5.69 Å². The molecule has 0 spiro atoms. The van der Waals surface area contributed by atoms with Gasteiger partial charge in [-0.25, -0.2) is 4.98 Å². The smallest absolute Gasteiger partial charge is 0.128 e. The summed E-state index contributed by atoms with van der Waals surface area (Å²) in [5, 5.41) is 14.2. The molecule has 6 heteroatoms. The van der Waals surface area contributed by atoms with Gasteiger partial charge in [0.2, 0.25) is 0 Å². The second-order valence-corrected chi connectivity index (χ2v) is 6.29. The third-order valence-corrected chi connectivity index (χ3v) is 4.69. The summed E-state index contributed by atoms with van der Waals surface area (Å²) in [6.07, 6.45) is 1.75. The lowest BCUT2D eigenvalue weighted by atomic mass is 10.1. The van der Waals surface area contributed by atoms with Gasteiger partial charge in [-0.05, 0) is 25.5 Å². The number of hydrogen-bond acceptors (Lipinski definition) is 5. The van der Waals surface area contributed by atoms with Crippen LogP contribution in [0.5, 0.6) is 0 Å². The van der Waals surface area contributed by atoms with Crippen LogP contribution in [0.15, 0.2) is 28.7 Å². The molecule has 0 bridgehead atoms. The van der Waals surface area contributed by atoms with Crippen molar-refractivity contribution in [1.82, 2.24) is 9.97 Å². The Balaban J connectivity index is 1.94. The summed E-state index contributed by atoms with van der Waals surface area (Å²) in [4.78, 5) is 7.58. The van der Waals surface area contributed by atoms with E-state index >= 15 is 0 Å². The van der Waals surface area contributed by atoms with Gasteiger partial charge >= 0.3 is 0 Å². The lowest BCUT2D eigenvalue weighted by Gasteiger charge is -2.06. The first-order valence-corrected chi connectivity index (χ1v) is 7.74. The number of aryl methyl sites for hydroxylation is 2. The fourth-order valence-corrected chi connectivity index (χ4v) is 3.53. The number of fused-ring (bicyclic) bond motifs is 1. The Morgan fingerprint density at radius 1 is 1.40 bits per heavy atom. The maximum absolute atomic E-state index is 9.15. The molecular formula is C14H12N4S2. The summed E-state index contributed by atoms with van der Waals surface area (Å²) in [5.41, 5.74) is 3.69. The molecule has 100 valence electrons. The maximum Gasteiger partial charge on any atom is 0.128 e. The topological polar surface area (TPSA) is 64.5 Å². The van der Waals surface area contributed by atoms with E-state index in [9.17, 15) is 0 Å². The molecule has 0 atom stereocenters. The minimum absolute atomic E-state index is 0.677. The molecule has 0 fully saturated rings. The summed E-state index contributed by atoms with van der Waals surface area (Å²) in [7, 11) is 0. The fourth-order valence-electron chi connectivity index (χ4n) is 2.09. The van der Waals surface area contributed by atoms with Crippen molar-refractivity contribution in [2.24, 2.45) is 0 Å². The van der Waals surface area contributed by atoms with Gasteiger partial charge in [-0.15, -0.1) is 11.3 Å². The van der Waals surface area contributed by atoms with Crippen LogP contribution in [0, 0.1) is 25.2 Å². The number of nitrogens with zero attached hydrogens (tertiary/aromatic N) is 2. The third-order valence-electron chi connectivity index (χ3n) is 3.03. The molecule has 0 saturated heterocycles. The van der Waals surface area contributed by atoms with Crippen molar-refractivity contribution in [3.8, 4) is 6.07 Å². The summed E-state index contributed by atoms with van der Waals surface area (Å²) in [5.74, 6) is 0. The summed E-state index contributed by atoms with van der Waals surface area (Å²) >= 11 is 3.11. The third kappa shape index (κ3) is 2.26. The average molecular weight is 300 g/mol. The van der Waals surface area contributed by atoms with E-state index in [0.717, 1.165) is 32.2 Å². The predicted octanol–water partition coefficient (Wildman–Crippen LogP) is 4.23. The molecule has 4 nitrogen and oxygen atoms in total. The number of aromatic nitrogens is 2. The van der Waals surface area contributed by atoms with Gasteiger partial charge < -0.3 is 9.71 Å². The van der Waals surface area contributed by atoms with Crippen molar-refractivity contribution in [2.45, 2.75) is 18.9 Å². The van der Waals surface area contributed by atoms with E-state index in [0.29, 0.717) is 5.56 Å². The largest absolute Gasteiger partial charge is 0.358 e. The number of nitriles is 1. The van der Waals surface area contributed by atoms with E-state index in [1.54, 1.807) is 17.5 Å². The molecule has 0 aliphatic rings. The van der Waals surface area contributed by atoms with Crippen molar-refractivity contribution in [3.05, 3.63) is 39.8 Å². The van der Waals surface area contributed by atoms with Crippen LogP contribution >= 0.6 is 23.3 Å². The van der Waals surface area contributed by atoms with E-state index in [1.165, 1.54) is 11.9 Å². The van der Waals surface area contributed by atoms with Crippen LogP contribution in [0.1, 0.15) is 16.1 Å². The maximum atomic E-state index is 9.15. The van der Waals surface area contributed by atoms with Crippen LogP contribution in [-0.2, 0) is 0 Å². The van der Waals surface area contributed by atoms with Crippen LogP contribution < -0.4 is 4.72 Å². The van der Waals surface area contributed by atoms with Gasteiger partial charge in [0.1, 0.15) is 11.1 Å². The molecule has 3 aromatic rings. The quantitative estimate of drug-likeness (QED) is 0.710. The molecule has 0 aliphatic heterocycles. The SMILES string of the molecule is Cc1nc(SNc2ccc(C)c3c(C#N)c[nH]c23)cs1. The van der Waals surface area contributed by atoms with E-state index < -0.39 is 0 Å². The van der Waals surface area contributed by atoms with Gasteiger partial charge in [-0.1, -0.05) is 6.07 Å². The number of aromatic amines is 1. The summed E-state index contributed by atoms with van der Waals surface area (Å²) < 4.78 is 3.30. The highest BCUT2D eigenvalue weighted by Crippen LogP contribution is 2.31. The number of thiazole rings is 1. The van der Waals surface area contributed by atoms with Gasteiger partial charge in [0.15, 0.2) is 0 Å². The molecule has 0 unspecified atom stereocenters. The molecule has 2 heterocycles. The lowest BCUT2D eigenvalue weighted by molar-refractivity contribution is 1.15. The van der Waals surface area contributed by atoms with Crippen molar-refractivity contribution >= 4 is 39.9 Å². The monoisotopic (exact) mass is 300 g/mol. The fraction of sp³-hybridized carbons (Fsp3) is 0.143. The second kappa shape index (κ2) is 5.19. The minimum Gasteiger partial charge on any atom is -0.358 e. The van der Waals surface area contributed by atoms with Gasteiger partial charge in [0.25, 0.3) is 0 Å². The molecule has 3 rings (SSSR count). The first-order valence-electron chi connectivity index (χ1n) is 6.05. The number of hydrogen-bond donors (Lipinski definition) is 2. The van der Waals surface area contributed by atoms with Crippen LogP contribution in [0.2, 0.25) is 0 Å². The Bertz CT molecular complexity index is 810. The Hall–Kier alpha value is -1.97. The standard InChI is InChI=1S/C14H12N4S2/c1-8-3-4-11(14-13(8)10(5-15)6-16-14)18-20-12-7-19-9(2)17-12/h3-4,6-7,16,18H,1-2H3. The van der Waals surface area contributed by atoms with Crippen LogP contribution in [0.25, 0.3) is 10.9 Å². The number of rotatable bonds is 3. The minimum atomic E-state index is 0.677. The number of anilines is 1. The number of H-pyrrole nitrogens is 1. The highest BCUT2D eigenvalue weighted by atomic mass is 32.2. The Morgan fingerprint density at radius 2 is 2.25 bits per heavy atom. The van der Waals surface area contributed by atoms with Crippen molar-refractivity contribution < 1.29 is 0 Å². The van der Waals surface area contributed by atoms with E-state index in [4.69, 9.17) is 5.26 Å². The number of nitrogens with one attached hydrogen (secondary N) is 2. The zero-order chi connectivity index (χ0) is 14.1. The van der Waals surface area contributed by atoms with Gasteiger partial charge in [-0.3, -0.25) is 0 Å². The summed E-state index contributed by atoms with van der Waals surface area (Å²) in [6, 6.07) is 6.25. The lowest BCUT2D eigenvalue weighted by Crippen LogP contribution is -1.90. The van der Waals surface area contributed by atoms with Gasteiger partial charge in [0.05, 0.1) is 21.8 Å². The molecule has 0 amide bonds. The summed E-state index contributed by atoms with van der Waals surface area (Å²) in [6.45, 7) is 4.00. The van der Waals surface area contributed by atoms with Gasteiger partial charge in [-0.2, -0.15) is 5.26 Å². The highest BCUT2D eigenvalue weighted by molar-refractivity contribution is 8.00. The zero-order valence-electron chi connectivity index (χ0n) is 11.0. The molecule has 0 radical (unpaired) electrons. The molecule has 1 aromatic carbocycles. The first kappa shape index (κ1) is 13.0. The predicted molar refractivity (Wildman–Crippen MR) is 84.1 cm³/mol. The average Bonchev–Trinajstić information content (AvgIpc) is 3.05. The second-order valence-electron chi connectivity index (χ2n) is 4.40. The van der Waals surface area contributed by atoms with Crippen LogP contribution in [0.3, 0.4) is 0 Å². The molecule has 0 saturated carbocycles. The van der Waals surface area contributed by atoms with Crippen LogP contribution in [-0.4, -0.2) is 9.97 Å². The Labute approximate surface area is 125 Å². The van der Waals surface area contributed by atoms with Crippen molar-refractivity contribution in [1.29, 1.82) is 5.26 Å². The van der Waals surface area contributed by atoms with E-state index in [1.807, 2.05) is 31.4 Å². The molecule has 20 heavy (non-hydrogen) atoms. The van der Waals surface area contributed by atoms with E-state index in [2.05, 4.69) is 20.8 Å². The van der Waals surface area contributed by atoms with Crippen molar-refractivity contribution in [2.75, 3.05) is 4.72 Å². The van der Waals surface area contributed by atoms with Gasteiger partial charge in [0, 0.05) is 28.9 Å². The molecule has 2 aromatic heterocycles. The molecule has 0 aliphatic carbocycles. The normalized spacial score (nSPS) is 10.7. The zero-order valence-corrected chi connectivity index (χ0v) is 12.7. The van der Waals surface area contributed by atoms with Crippen molar-refractivity contribution in [3.63, 3.8) is 0 Å². The highest BCUT2D eigenvalue weighted by Gasteiger charge is 2.10. The Kier molecular flexibility index (Phi) is 3.38. The molecule has 2 N–H and O–H groups in total.